The maximum Gasteiger partial charge on any atom is 0.258 e. The number of halogens is 1. The second-order valence-corrected chi connectivity index (χ2v) is 28.7. The summed E-state index contributed by atoms with van der Waals surface area (Å²) in [4.78, 5) is 32.0. The second-order valence-electron chi connectivity index (χ2n) is 16.4. The smallest absolute Gasteiger partial charge is 0.258 e. The molecule has 0 unspecified atom stereocenters. The molecule has 1 saturated carbocycles. The van der Waals surface area contributed by atoms with Crippen LogP contribution in [0.2, 0.25) is 51.4 Å². The Labute approximate surface area is 334 Å². The van der Waals surface area contributed by atoms with E-state index in [0.29, 0.717) is 71.0 Å². The number of carbonyl (C=O) groups excluding carboxylic acids is 2. The maximum absolute atomic E-state index is 13.2. The van der Waals surface area contributed by atoms with Gasteiger partial charge in [0.1, 0.15) is 19.1 Å². The van der Waals surface area contributed by atoms with Crippen LogP contribution >= 0.6 is 22.6 Å². The van der Waals surface area contributed by atoms with Crippen LogP contribution in [0.3, 0.4) is 0 Å². The third-order valence-electron chi connectivity index (χ3n) is 9.74. The van der Waals surface area contributed by atoms with Gasteiger partial charge in [-0.3, -0.25) is 14.9 Å². The SMILES string of the molecule is COCCOC1(C(=O)NC=O)CCC(c2nc3c(-c4cnn(-c5ccccc5)c4)cnn3c(N(COCC[Si](C)(C)C)COCC[Si](C)(C)C)c2I)CC1. The Morgan fingerprint density at radius 1 is 0.963 bits per heavy atom. The first-order valence-corrected chi connectivity index (χ1v) is 27.2. The number of para-hydroxylation sites is 1. The number of anilines is 1. The summed E-state index contributed by atoms with van der Waals surface area (Å²) in [7, 11) is -1.03. The quantitative estimate of drug-likeness (QED) is 0.0327. The van der Waals surface area contributed by atoms with E-state index >= 15 is 0 Å². The fourth-order valence-corrected chi connectivity index (χ4v) is 9.12. The number of hydrogen-bond acceptors (Lipinski definition) is 10. The molecule has 3 aromatic heterocycles. The standard InChI is InChI=1S/C38H56IN7O6Si2/c1-49-17-18-52-38(37(48)40-26-47)15-13-29(14-16-38)34-33(39)36(44(27-50-19-21-53(2,3)4)28-51-20-22-54(5,6)7)46-35(43-34)32(24-42-46)30-23-41-45(25-30)31-11-9-8-10-12-31/h8-12,23-26,29H,13-22,27-28H2,1-7H3,(H,40,47,48). The van der Waals surface area contributed by atoms with E-state index in [1.807, 2.05) is 58.1 Å². The van der Waals surface area contributed by atoms with Crippen molar-refractivity contribution >= 4 is 62.5 Å². The van der Waals surface area contributed by atoms with Gasteiger partial charge in [-0.2, -0.15) is 14.7 Å². The zero-order valence-electron chi connectivity index (χ0n) is 32.8. The molecule has 1 aliphatic carbocycles. The molecule has 3 heterocycles. The Morgan fingerprint density at radius 3 is 2.20 bits per heavy atom. The number of nitrogens with zero attached hydrogens (tertiary/aromatic N) is 6. The summed E-state index contributed by atoms with van der Waals surface area (Å²) in [6, 6.07) is 12.1. The number of benzene rings is 1. The number of amides is 2. The van der Waals surface area contributed by atoms with Gasteiger partial charge in [0.05, 0.1) is 40.6 Å². The molecule has 0 bridgehead atoms. The molecule has 0 spiro atoms. The van der Waals surface area contributed by atoms with Crippen molar-refractivity contribution in [2.24, 2.45) is 0 Å². The van der Waals surface area contributed by atoms with E-state index in [1.54, 1.807) is 7.11 Å². The Balaban J connectivity index is 1.56. The van der Waals surface area contributed by atoms with Crippen molar-refractivity contribution in [3.63, 3.8) is 0 Å². The van der Waals surface area contributed by atoms with Crippen LogP contribution in [-0.4, -0.2) is 105 Å². The molecule has 1 fully saturated rings. The van der Waals surface area contributed by atoms with E-state index in [9.17, 15) is 9.59 Å². The lowest BCUT2D eigenvalue weighted by Crippen LogP contribution is -2.51. The van der Waals surface area contributed by atoms with Gasteiger partial charge in [-0.15, -0.1) is 0 Å². The van der Waals surface area contributed by atoms with E-state index in [0.717, 1.165) is 44.0 Å². The molecular weight excluding hydrogens is 834 g/mol. The van der Waals surface area contributed by atoms with Crippen molar-refractivity contribution in [1.82, 2.24) is 29.7 Å². The number of aromatic nitrogens is 5. The van der Waals surface area contributed by atoms with Gasteiger partial charge in [0.15, 0.2) is 11.5 Å². The minimum atomic E-state index is -1.31. The summed E-state index contributed by atoms with van der Waals surface area (Å²) in [6.07, 6.45) is 8.25. The monoisotopic (exact) mass is 889 g/mol. The number of nitrogens with one attached hydrogen (secondary N) is 1. The molecule has 16 heteroatoms. The van der Waals surface area contributed by atoms with Crippen molar-refractivity contribution < 1.29 is 28.5 Å². The van der Waals surface area contributed by atoms with Gasteiger partial charge in [-0.05, 0) is 72.5 Å². The van der Waals surface area contributed by atoms with Crippen molar-refractivity contribution in [1.29, 1.82) is 0 Å². The first kappa shape index (κ1) is 42.1. The summed E-state index contributed by atoms with van der Waals surface area (Å²) in [5.41, 5.74) is 3.21. The van der Waals surface area contributed by atoms with Gasteiger partial charge in [-0.25, -0.2) is 9.67 Å². The van der Waals surface area contributed by atoms with Crippen LogP contribution in [0.4, 0.5) is 5.82 Å². The van der Waals surface area contributed by atoms with E-state index in [-0.39, 0.29) is 12.5 Å². The minimum Gasteiger partial charge on any atom is -0.382 e. The van der Waals surface area contributed by atoms with Crippen molar-refractivity contribution in [3.05, 3.63) is 58.2 Å². The average molecular weight is 890 g/mol. The highest BCUT2D eigenvalue weighted by atomic mass is 127. The third kappa shape index (κ3) is 10.8. The number of methoxy groups -OCH3 is 1. The molecule has 5 rings (SSSR count). The number of imide groups is 1. The summed E-state index contributed by atoms with van der Waals surface area (Å²) in [5.74, 6) is 0.447. The predicted octanol–water partition coefficient (Wildman–Crippen LogP) is 6.95. The van der Waals surface area contributed by atoms with Crippen LogP contribution in [0, 0.1) is 3.57 Å². The molecule has 1 aromatic carbocycles. The van der Waals surface area contributed by atoms with Crippen LogP contribution < -0.4 is 10.2 Å². The van der Waals surface area contributed by atoms with E-state index in [4.69, 9.17) is 29.0 Å². The number of hydrogen-bond donors (Lipinski definition) is 1. The lowest BCUT2D eigenvalue weighted by molar-refractivity contribution is -0.155. The van der Waals surface area contributed by atoms with E-state index < -0.39 is 27.7 Å². The van der Waals surface area contributed by atoms with Crippen molar-refractivity contribution in [3.8, 4) is 16.8 Å². The summed E-state index contributed by atoms with van der Waals surface area (Å²) in [6.45, 7) is 16.7. The maximum atomic E-state index is 13.2. The van der Waals surface area contributed by atoms with Crippen molar-refractivity contribution in [2.45, 2.75) is 88.6 Å². The van der Waals surface area contributed by atoms with Gasteiger partial charge in [0, 0.05) is 59.7 Å². The zero-order chi connectivity index (χ0) is 38.9. The highest BCUT2D eigenvalue weighted by Gasteiger charge is 2.44. The summed E-state index contributed by atoms with van der Waals surface area (Å²) in [5, 5.41) is 12.0. The van der Waals surface area contributed by atoms with Crippen LogP contribution in [0.5, 0.6) is 0 Å². The largest absolute Gasteiger partial charge is 0.382 e. The molecule has 4 aromatic rings. The molecule has 13 nitrogen and oxygen atoms in total. The minimum absolute atomic E-state index is 0.0149. The van der Waals surface area contributed by atoms with Crippen LogP contribution in [-0.2, 0) is 28.5 Å². The van der Waals surface area contributed by atoms with Crippen LogP contribution in [0.15, 0.2) is 48.9 Å². The molecule has 1 N–H and O–H groups in total. The fourth-order valence-electron chi connectivity index (χ4n) is 6.47. The summed E-state index contributed by atoms with van der Waals surface area (Å²) < 4.78 is 28.8. The lowest BCUT2D eigenvalue weighted by Gasteiger charge is -2.38. The van der Waals surface area contributed by atoms with Crippen molar-refractivity contribution in [2.75, 3.05) is 51.9 Å². The molecule has 0 saturated heterocycles. The molecular formula is C38H56IN7O6Si2. The van der Waals surface area contributed by atoms with Gasteiger partial charge >= 0.3 is 0 Å². The zero-order valence-corrected chi connectivity index (χ0v) is 36.9. The lowest BCUT2D eigenvalue weighted by atomic mass is 9.76. The molecule has 1 aliphatic rings. The number of ether oxygens (including phenoxy) is 4. The molecule has 2 amide bonds. The van der Waals surface area contributed by atoms with Gasteiger partial charge in [-0.1, -0.05) is 57.5 Å². The molecule has 0 aliphatic heterocycles. The van der Waals surface area contributed by atoms with E-state index in [2.05, 4.69) is 77.2 Å². The Morgan fingerprint density at radius 2 is 1.61 bits per heavy atom. The first-order valence-electron chi connectivity index (χ1n) is 18.7. The molecule has 54 heavy (non-hydrogen) atoms. The molecule has 294 valence electrons. The Kier molecular flexibility index (Phi) is 14.6. The van der Waals surface area contributed by atoms with Crippen LogP contribution in [0.25, 0.3) is 22.5 Å². The number of rotatable bonds is 20. The third-order valence-corrected chi connectivity index (χ3v) is 14.2. The average Bonchev–Trinajstić information content (AvgIpc) is 3.79. The Bertz CT molecular complexity index is 1810. The second kappa shape index (κ2) is 18.8. The predicted molar refractivity (Wildman–Crippen MR) is 225 cm³/mol. The highest BCUT2D eigenvalue weighted by Crippen LogP contribution is 2.43. The van der Waals surface area contributed by atoms with Crippen LogP contribution in [0.1, 0.15) is 37.3 Å². The normalized spacial score (nSPS) is 17.9. The molecule has 0 radical (unpaired) electrons. The highest BCUT2D eigenvalue weighted by molar-refractivity contribution is 14.1. The Hall–Kier alpha value is -3.01. The summed E-state index contributed by atoms with van der Waals surface area (Å²) >= 11 is 2.40. The fraction of sp³-hybridized carbons (Fsp3) is 0.553. The molecule has 0 atom stereocenters. The topological polar surface area (TPSA) is 134 Å². The van der Waals surface area contributed by atoms with Gasteiger partial charge < -0.3 is 23.8 Å². The van der Waals surface area contributed by atoms with Gasteiger partial charge in [0.2, 0.25) is 6.41 Å². The van der Waals surface area contributed by atoms with Gasteiger partial charge in [0.25, 0.3) is 5.91 Å². The first-order chi connectivity index (χ1) is 25.7. The van der Waals surface area contributed by atoms with E-state index in [1.165, 1.54) is 0 Å². The number of fused-ring (bicyclic) bond motifs is 1. The number of carbonyl (C=O) groups is 2.